The van der Waals surface area contributed by atoms with E-state index < -0.39 is 0 Å². The van der Waals surface area contributed by atoms with Crippen LogP contribution >= 0.6 is 0 Å². The minimum atomic E-state index is 0.0595. The Morgan fingerprint density at radius 2 is 2.05 bits per heavy atom. The largest absolute Gasteiger partial charge is 0.406 e. The van der Waals surface area contributed by atoms with Crippen molar-refractivity contribution < 1.29 is 9.21 Å². The first kappa shape index (κ1) is 11.4. The molecule has 19 heavy (non-hydrogen) atoms. The third-order valence-corrected chi connectivity index (χ3v) is 4.74. The molecule has 0 aromatic carbocycles. The molecule has 1 amide bonds. The fourth-order valence-electron chi connectivity index (χ4n) is 3.72. The summed E-state index contributed by atoms with van der Waals surface area (Å²) in [5, 5.41) is 14.0. The van der Waals surface area contributed by atoms with E-state index in [2.05, 4.69) is 20.8 Å². The Hall–Kier alpha value is -1.43. The SMILES string of the molecule is O=C(Nc1nnc(C2CCCN2)o1)C1C2CCCC21. The van der Waals surface area contributed by atoms with Gasteiger partial charge in [0.2, 0.25) is 11.8 Å². The number of nitrogens with one attached hydrogen (secondary N) is 2. The predicted octanol–water partition coefficient (Wildman–Crippen LogP) is 1.48. The van der Waals surface area contributed by atoms with Crippen LogP contribution in [0.25, 0.3) is 0 Å². The molecule has 3 unspecified atom stereocenters. The van der Waals surface area contributed by atoms with Gasteiger partial charge in [-0.15, -0.1) is 5.10 Å². The van der Waals surface area contributed by atoms with Crippen molar-refractivity contribution in [3.63, 3.8) is 0 Å². The van der Waals surface area contributed by atoms with E-state index in [9.17, 15) is 4.79 Å². The van der Waals surface area contributed by atoms with Gasteiger partial charge in [0.25, 0.3) is 0 Å². The molecule has 1 aliphatic heterocycles. The smallest absolute Gasteiger partial charge is 0.322 e. The average Bonchev–Trinajstić information content (AvgIpc) is 2.95. The lowest BCUT2D eigenvalue weighted by atomic mass is 10.1. The van der Waals surface area contributed by atoms with Crippen molar-refractivity contribution in [2.24, 2.45) is 17.8 Å². The Kier molecular flexibility index (Phi) is 2.58. The third kappa shape index (κ3) is 1.94. The Labute approximate surface area is 111 Å². The average molecular weight is 262 g/mol. The van der Waals surface area contributed by atoms with E-state index in [0.717, 1.165) is 19.4 Å². The van der Waals surface area contributed by atoms with Crippen LogP contribution in [-0.2, 0) is 4.79 Å². The molecule has 2 heterocycles. The van der Waals surface area contributed by atoms with Crippen LogP contribution in [-0.4, -0.2) is 22.6 Å². The summed E-state index contributed by atoms with van der Waals surface area (Å²) in [5.41, 5.74) is 0. The highest BCUT2D eigenvalue weighted by molar-refractivity contribution is 5.93. The Morgan fingerprint density at radius 1 is 1.21 bits per heavy atom. The number of anilines is 1. The predicted molar refractivity (Wildman–Crippen MR) is 67.2 cm³/mol. The van der Waals surface area contributed by atoms with Crippen molar-refractivity contribution in [2.75, 3.05) is 11.9 Å². The van der Waals surface area contributed by atoms with Crippen molar-refractivity contribution in [1.29, 1.82) is 0 Å². The lowest BCUT2D eigenvalue weighted by Crippen LogP contribution is -2.16. The zero-order valence-electron chi connectivity index (χ0n) is 10.8. The molecule has 2 N–H and O–H groups in total. The second kappa shape index (κ2) is 4.30. The number of amides is 1. The van der Waals surface area contributed by atoms with Crippen LogP contribution in [0.4, 0.5) is 6.01 Å². The highest BCUT2D eigenvalue weighted by Crippen LogP contribution is 2.57. The summed E-state index contributed by atoms with van der Waals surface area (Å²) in [4.78, 5) is 12.1. The molecule has 0 bridgehead atoms. The molecule has 0 radical (unpaired) electrons. The van der Waals surface area contributed by atoms with Gasteiger partial charge in [-0.1, -0.05) is 11.5 Å². The van der Waals surface area contributed by atoms with Crippen molar-refractivity contribution in [2.45, 2.75) is 38.1 Å². The summed E-state index contributed by atoms with van der Waals surface area (Å²) in [5.74, 6) is 2.06. The normalized spacial score (nSPS) is 36.2. The molecule has 1 aromatic rings. The summed E-state index contributed by atoms with van der Waals surface area (Å²) in [6.45, 7) is 0.986. The minimum Gasteiger partial charge on any atom is -0.406 e. The first-order valence-corrected chi connectivity index (χ1v) is 7.20. The molecular weight excluding hydrogens is 244 g/mol. The van der Waals surface area contributed by atoms with Gasteiger partial charge in [0.15, 0.2) is 0 Å². The Morgan fingerprint density at radius 3 is 2.79 bits per heavy atom. The first-order valence-electron chi connectivity index (χ1n) is 7.20. The fourth-order valence-corrected chi connectivity index (χ4v) is 3.72. The van der Waals surface area contributed by atoms with Crippen LogP contribution in [0, 0.1) is 17.8 Å². The Balaban J connectivity index is 1.39. The van der Waals surface area contributed by atoms with Crippen molar-refractivity contribution in [3.05, 3.63) is 5.89 Å². The van der Waals surface area contributed by atoms with Gasteiger partial charge >= 0.3 is 6.01 Å². The van der Waals surface area contributed by atoms with E-state index in [4.69, 9.17) is 4.42 Å². The van der Waals surface area contributed by atoms with Gasteiger partial charge in [0.1, 0.15) is 0 Å². The number of hydrogen-bond acceptors (Lipinski definition) is 5. The molecule has 102 valence electrons. The quantitative estimate of drug-likeness (QED) is 0.862. The topological polar surface area (TPSA) is 80.0 Å². The minimum absolute atomic E-state index is 0.0595. The van der Waals surface area contributed by atoms with Gasteiger partial charge in [0, 0.05) is 5.92 Å². The lowest BCUT2D eigenvalue weighted by Gasteiger charge is -2.03. The molecule has 4 rings (SSSR count). The molecule has 1 saturated heterocycles. The monoisotopic (exact) mass is 262 g/mol. The van der Waals surface area contributed by atoms with E-state index in [-0.39, 0.29) is 23.9 Å². The number of hydrogen-bond donors (Lipinski definition) is 2. The highest BCUT2D eigenvalue weighted by Gasteiger charge is 2.56. The first-order chi connectivity index (χ1) is 9.33. The number of carbonyl (C=O) groups excluding carboxylic acids is 1. The molecule has 2 aliphatic carbocycles. The molecule has 6 heteroatoms. The van der Waals surface area contributed by atoms with Crippen molar-refractivity contribution in [3.8, 4) is 0 Å². The molecule has 6 nitrogen and oxygen atoms in total. The third-order valence-electron chi connectivity index (χ3n) is 4.74. The summed E-state index contributed by atoms with van der Waals surface area (Å²) in [6, 6.07) is 0.400. The number of rotatable bonds is 3. The summed E-state index contributed by atoms with van der Waals surface area (Å²) >= 11 is 0. The van der Waals surface area contributed by atoms with Crippen LogP contribution in [0.1, 0.15) is 44.0 Å². The van der Waals surface area contributed by atoms with E-state index in [0.29, 0.717) is 17.7 Å². The van der Waals surface area contributed by atoms with Gasteiger partial charge in [0.05, 0.1) is 6.04 Å². The number of fused-ring (bicyclic) bond motifs is 1. The molecule has 3 atom stereocenters. The van der Waals surface area contributed by atoms with Gasteiger partial charge in [-0.25, -0.2) is 0 Å². The van der Waals surface area contributed by atoms with Crippen LogP contribution in [0.5, 0.6) is 0 Å². The summed E-state index contributed by atoms with van der Waals surface area (Å²) in [6.07, 6.45) is 5.81. The highest BCUT2D eigenvalue weighted by atomic mass is 16.4. The van der Waals surface area contributed by atoms with E-state index >= 15 is 0 Å². The zero-order chi connectivity index (χ0) is 12.8. The number of carbonyl (C=O) groups is 1. The molecule has 2 saturated carbocycles. The van der Waals surface area contributed by atoms with E-state index in [1.54, 1.807) is 0 Å². The van der Waals surface area contributed by atoms with Crippen LogP contribution in [0.3, 0.4) is 0 Å². The fraction of sp³-hybridized carbons (Fsp3) is 0.769. The van der Waals surface area contributed by atoms with Gasteiger partial charge < -0.3 is 9.73 Å². The van der Waals surface area contributed by atoms with Crippen molar-refractivity contribution >= 4 is 11.9 Å². The summed E-state index contributed by atoms with van der Waals surface area (Å²) < 4.78 is 5.52. The second-order valence-electron chi connectivity index (χ2n) is 5.87. The lowest BCUT2D eigenvalue weighted by molar-refractivity contribution is -0.118. The summed E-state index contributed by atoms with van der Waals surface area (Å²) in [7, 11) is 0. The molecule has 1 aromatic heterocycles. The maximum atomic E-state index is 12.1. The maximum Gasteiger partial charge on any atom is 0.322 e. The van der Waals surface area contributed by atoms with Crippen LogP contribution in [0.2, 0.25) is 0 Å². The standard InChI is InChI=1S/C13H18N4O2/c18-11(10-7-3-1-4-8(7)10)15-13-17-16-12(19-13)9-5-2-6-14-9/h7-10,14H,1-6H2,(H,15,17,18). The number of nitrogens with zero attached hydrogens (tertiary/aromatic N) is 2. The molecule has 0 spiro atoms. The zero-order valence-corrected chi connectivity index (χ0v) is 10.8. The van der Waals surface area contributed by atoms with E-state index in [1.165, 1.54) is 19.3 Å². The Bertz CT molecular complexity index is 485. The van der Waals surface area contributed by atoms with Crippen LogP contribution < -0.4 is 10.6 Å². The number of aromatic nitrogens is 2. The molecular formula is C13H18N4O2. The molecule has 3 fully saturated rings. The van der Waals surface area contributed by atoms with Gasteiger partial charge in [-0.3, -0.25) is 10.1 Å². The second-order valence-corrected chi connectivity index (χ2v) is 5.87. The maximum absolute atomic E-state index is 12.1. The van der Waals surface area contributed by atoms with E-state index in [1.807, 2.05) is 0 Å². The van der Waals surface area contributed by atoms with Crippen molar-refractivity contribution in [1.82, 2.24) is 15.5 Å². The van der Waals surface area contributed by atoms with Gasteiger partial charge in [-0.05, 0) is 44.1 Å². The van der Waals surface area contributed by atoms with Crippen LogP contribution in [0.15, 0.2) is 4.42 Å². The van der Waals surface area contributed by atoms with Gasteiger partial charge in [-0.2, -0.15) is 0 Å². The molecule has 3 aliphatic rings.